The zero-order valence-electron chi connectivity index (χ0n) is 16.0. The van der Waals surface area contributed by atoms with Crippen LogP contribution < -0.4 is 5.56 Å². The zero-order valence-corrected chi connectivity index (χ0v) is 16.7. The minimum Gasteiger partial charge on any atom is -0.329 e. The predicted molar refractivity (Wildman–Crippen MR) is 115 cm³/mol. The maximum absolute atomic E-state index is 12.4. The molecular formula is C23H20ClN3O. The lowest BCUT2D eigenvalue weighted by atomic mass is 9.85. The summed E-state index contributed by atoms with van der Waals surface area (Å²) in [5, 5.41) is 0.628. The zero-order chi connectivity index (χ0) is 19.9. The molecule has 5 heteroatoms. The van der Waals surface area contributed by atoms with Crippen molar-refractivity contribution in [3.8, 4) is 22.4 Å². The molecule has 4 nitrogen and oxygen atoms in total. The van der Waals surface area contributed by atoms with E-state index in [4.69, 9.17) is 16.6 Å². The van der Waals surface area contributed by atoms with Gasteiger partial charge in [-0.25, -0.2) is 4.98 Å². The maximum Gasteiger partial charge on any atom is 0.255 e. The molecule has 140 valence electrons. The molecule has 0 aliphatic carbocycles. The monoisotopic (exact) mass is 389 g/mol. The van der Waals surface area contributed by atoms with E-state index in [-0.39, 0.29) is 11.0 Å². The van der Waals surface area contributed by atoms with Crippen LogP contribution in [0.5, 0.6) is 0 Å². The number of H-pyrrole nitrogens is 1. The summed E-state index contributed by atoms with van der Waals surface area (Å²) in [4.78, 5) is 24.7. The molecule has 0 saturated carbocycles. The normalized spacial score (nSPS) is 11.7. The molecule has 0 saturated heterocycles. The van der Waals surface area contributed by atoms with Gasteiger partial charge in [0.05, 0.1) is 27.9 Å². The third-order valence-corrected chi connectivity index (χ3v) is 5.10. The topological polar surface area (TPSA) is 58.6 Å². The number of rotatable bonds is 2. The molecule has 28 heavy (non-hydrogen) atoms. The molecule has 4 aromatic rings. The largest absolute Gasteiger partial charge is 0.329 e. The van der Waals surface area contributed by atoms with Crippen molar-refractivity contribution in [1.82, 2.24) is 15.0 Å². The Kier molecular flexibility index (Phi) is 4.52. The highest BCUT2D eigenvalue weighted by Crippen LogP contribution is 2.33. The highest BCUT2D eigenvalue weighted by molar-refractivity contribution is 6.33. The van der Waals surface area contributed by atoms with Gasteiger partial charge in [-0.05, 0) is 41.3 Å². The van der Waals surface area contributed by atoms with Crippen LogP contribution >= 0.6 is 11.6 Å². The van der Waals surface area contributed by atoms with Crippen LogP contribution in [-0.4, -0.2) is 15.0 Å². The highest BCUT2D eigenvalue weighted by Gasteiger charge is 2.19. The first-order valence-corrected chi connectivity index (χ1v) is 9.46. The van der Waals surface area contributed by atoms with Crippen molar-refractivity contribution in [3.05, 3.63) is 81.9 Å². The molecular weight excluding hydrogens is 370 g/mol. The molecule has 2 aromatic carbocycles. The van der Waals surface area contributed by atoms with Crippen LogP contribution in [0.4, 0.5) is 0 Å². The van der Waals surface area contributed by atoms with E-state index in [0.717, 1.165) is 22.2 Å². The van der Waals surface area contributed by atoms with E-state index in [1.54, 1.807) is 12.4 Å². The second kappa shape index (κ2) is 6.88. The van der Waals surface area contributed by atoms with Crippen molar-refractivity contribution in [2.75, 3.05) is 0 Å². The Balaban J connectivity index is 2.03. The first kappa shape index (κ1) is 18.4. The molecule has 1 N–H and O–H groups in total. The Hall–Kier alpha value is -2.98. The van der Waals surface area contributed by atoms with Gasteiger partial charge in [0.2, 0.25) is 0 Å². The number of benzene rings is 2. The third kappa shape index (κ3) is 3.32. The number of pyridine rings is 1. The van der Waals surface area contributed by atoms with Crippen LogP contribution in [0.3, 0.4) is 0 Å². The minimum absolute atomic E-state index is 0.105. The van der Waals surface area contributed by atoms with Gasteiger partial charge in [0, 0.05) is 22.9 Å². The molecule has 0 fully saturated rings. The fourth-order valence-electron chi connectivity index (χ4n) is 3.20. The summed E-state index contributed by atoms with van der Waals surface area (Å²) in [7, 11) is 0. The molecule has 0 radical (unpaired) electrons. The molecule has 0 bridgehead atoms. The average molecular weight is 390 g/mol. The Labute approximate surface area is 168 Å². The molecule has 0 unspecified atom stereocenters. The van der Waals surface area contributed by atoms with Crippen LogP contribution in [0.15, 0.2) is 65.7 Å². The predicted octanol–water partition coefficient (Wildman–Crippen LogP) is 5.60. The van der Waals surface area contributed by atoms with Crippen LogP contribution in [-0.2, 0) is 5.41 Å². The molecule has 0 spiro atoms. The van der Waals surface area contributed by atoms with E-state index >= 15 is 0 Å². The lowest BCUT2D eigenvalue weighted by Gasteiger charge is -2.21. The van der Waals surface area contributed by atoms with Gasteiger partial charge in [0.1, 0.15) is 0 Å². The van der Waals surface area contributed by atoms with Crippen LogP contribution in [0, 0.1) is 0 Å². The van der Waals surface area contributed by atoms with Crippen LogP contribution in [0.1, 0.15) is 26.3 Å². The van der Waals surface area contributed by atoms with Crippen molar-refractivity contribution in [1.29, 1.82) is 0 Å². The first-order chi connectivity index (χ1) is 13.3. The maximum atomic E-state index is 12.4. The van der Waals surface area contributed by atoms with Crippen molar-refractivity contribution in [2.45, 2.75) is 26.2 Å². The van der Waals surface area contributed by atoms with E-state index in [9.17, 15) is 4.79 Å². The summed E-state index contributed by atoms with van der Waals surface area (Å²) in [5.41, 5.74) is 5.17. The molecule has 0 aliphatic heterocycles. The van der Waals surface area contributed by atoms with Gasteiger partial charge in [-0.3, -0.25) is 9.78 Å². The fourth-order valence-corrected chi connectivity index (χ4v) is 3.43. The van der Waals surface area contributed by atoms with E-state index in [1.165, 1.54) is 0 Å². The molecule has 0 aliphatic rings. The third-order valence-electron chi connectivity index (χ3n) is 4.77. The second-order valence-corrected chi connectivity index (χ2v) is 8.20. The molecule has 0 atom stereocenters. The van der Waals surface area contributed by atoms with Crippen molar-refractivity contribution >= 4 is 22.6 Å². The quantitative estimate of drug-likeness (QED) is 0.485. The highest BCUT2D eigenvalue weighted by atomic mass is 35.5. The smallest absolute Gasteiger partial charge is 0.255 e. The number of aromatic nitrogens is 3. The number of hydrogen-bond donors (Lipinski definition) is 1. The lowest BCUT2D eigenvalue weighted by Crippen LogP contribution is -2.13. The molecule has 2 heterocycles. The molecule has 2 aromatic heterocycles. The Morgan fingerprint density at radius 3 is 2.43 bits per heavy atom. The Morgan fingerprint density at radius 2 is 1.71 bits per heavy atom. The van der Waals surface area contributed by atoms with Gasteiger partial charge in [-0.1, -0.05) is 50.6 Å². The summed E-state index contributed by atoms with van der Waals surface area (Å²) in [6.07, 6.45) is 3.34. The van der Waals surface area contributed by atoms with Crippen molar-refractivity contribution < 1.29 is 0 Å². The van der Waals surface area contributed by atoms with E-state index in [1.807, 2.05) is 48.5 Å². The first-order valence-electron chi connectivity index (χ1n) is 9.09. The van der Waals surface area contributed by atoms with Crippen LogP contribution in [0.2, 0.25) is 5.02 Å². The van der Waals surface area contributed by atoms with E-state index in [2.05, 4.69) is 30.7 Å². The van der Waals surface area contributed by atoms with E-state index < -0.39 is 0 Å². The van der Waals surface area contributed by atoms with Gasteiger partial charge in [0.15, 0.2) is 0 Å². The Morgan fingerprint density at radius 1 is 0.964 bits per heavy atom. The Bertz CT molecular complexity index is 1240. The van der Waals surface area contributed by atoms with Crippen molar-refractivity contribution in [3.63, 3.8) is 0 Å². The average Bonchev–Trinajstić information content (AvgIpc) is 2.67. The van der Waals surface area contributed by atoms with Crippen molar-refractivity contribution in [2.24, 2.45) is 0 Å². The second-order valence-electron chi connectivity index (χ2n) is 7.79. The lowest BCUT2D eigenvalue weighted by molar-refractivity contribution is 0.591. The van der Waals surface area contributed by atoms with Crippen LogP contribution in [0.25, 0.3) is 33.4 Å². The summed E-state index contributed by atoms with van der Waals surface area (Å²) < 4.78 is 0. The van der Waals surface area contributed by atoms with Gasteiger partial charge in [0.25, 0.3) is 5.56 Å². The van der Waals surface area contributed by atoms with Gasteiger partial charge < -0.3 is 4.98 Å². The minimum atomic E-state index is -0.146. The number of halogens is 1. The van der Waals surface area contributed by atoms with Gasteiger partial charge >= 0.3 is 0 Å². The molecule has 4 rings (SSSR count). The number of fused-ring (bicyclic) bond motifs is 1. The molecule has 0 amide bonds. The standard InChI is InChI=1S/C23H20ClN3O/c1-23(2,3)14-11-17(15-8-6-10-25-22(15)28)21-19(12-14)27-20(13-26-21)16-7-4-5-9-18(16)24/h4-13H,1-3H3,(H,25,28). The van der Waals surface area contributed by atoms with Gasteiger partial charge in [-0.15, -0.1) is 0 Å². The number of nitrogens with one attached hydrogen (secondary N) is 1. The summed E-state index contributed by atoms with van der Waals surface area (Å²) in [5.74, 6) is 0. The summed E-state index contributed by atoms with van der Waals surface area (Å²) in [6, 6.07) is 15.3. The van der Waals surface area contributed by atoms with Gasteiger partial charge in [-0.2, -0.15) is 0 Å². The fraction of sp³-hybridized carbons (Fsp3) is 0.174. The van der Waals surface area contributed by atoms with E-state index in [0.29, 0.717) is 21.8 Å². The summed E-state index contributed by atoms with van der Waals surface area (Å²) >= 11 is 6.35. The number of aromatic amines is 1. The summed E-state index contributed by atoms with van der Waals surface area (Å²) in [6.45, 7) is 6.41. The number of hydrogen-bond acceptors (Lipinski definition) is 3. The number of nitrogens with zero attached hydrogens (tertiary/aromatic N) is 2. The SMILES string of the molecule is CC(C)(C)c1cc(-c2ccc[nH]c2=O)c2ncc(-c3ccccc3Cl)nc2c1.